The molecule has 2 aromatic rings. The van der Waals surface area contributed by atoms with Gasteiger partial charge in [-0.1, -0.05) is 34.8 Å². The standard InChI is InChI=1S/C13H6Cl3FN2/c14-10-4-12(16)13(5-11(10)15)19-9-2-7(6-18)1-8(17)3-9/h1-5,19H. The van der Waals surface area contributed by atoms with Crippen molar-refractivity contribution in [2.24, 2.45) is 0 Å². The van der Waals surface area contributed by atoms with Gasteiger partial charge in [0.05, 0.1) is 32.4 Å². The Labute approximate surface area is 124 Å². The molecule has 0 bridgehead atoms. The fourth-order valence-corrected chi connectivity index (χ4v) is 2.09. The average molecular weight is 316 g/mol. The van der Waals surface area contributed by atoms with E-state index in [1.807, 2.05) is 6.07 Å². The second-order valence-electron chi connectivity index (χ2n) is 3.71. The number of rotatable bonds is 2. The minimum atomic E-state index is -0.516. The molecule has 6 heteroatoms. The van der Waals surface area contributed by atoms with Crippen molar-refractivity contribution in [2.75, 3.05) is 5.32 Å². The molecule has 0 amide bonds. The monoisotopic (exact) mass is 314 g/mol. The number of hydrogen-bond donors (Lipinski definition) is 1. The lowest BCUT2D eigenvalue weighted by Crippen LogP contribution is -1.93. The number of hydrogen-bond acceptors (Lipinski definition) is 2. The van der Waals surface area contributed by atoms with Gasteiger partial charge in [-0.15, -0.1) is 0 Å². The van der Waals surface area contributed by atoms with Crippen molar-refractivity contribution in [2.45, 2.75) is 0 Å². The topological polar surface area (TPSA) is 35.8 Å². The lowest BCUT2D eigenvalue weighted by atomic mass is 10.2. The fourth-order valence-electron chi connectivity index (χ4n) is 1.50. The molecule has 96 valence electrons. The second kappa shape index (κ2) is 5.66. The smallest absolute Gasteiger partial charge is 0.126 e. The number of nitriles is 1. The summed E-state index contributed by atoms with van der Waals surface area (Å²) in [5.74, 6) is -0.516. The second-order valence-corrected chi connectivity index (χ2v) is 4.93. The summed E-state index contributed by atoms with van der Waals surface area (Å²) in [5, 5.41) is 12.7. The molecule has 1 N–H and O–H groups in total. The highest BCUT2D eigenvalue weighted by Gasteiger charge is 2.07. The molecule has 0 saturated carbocycles. The van der Waals surface area contributed by atoms with Gasteiger partial charge in [0.15, 0.2) is 0 Å². The number of nitrogens with zero attached hydrogens (tertiary/aromatic N) is 1. The Morgan fingerprint density at radius 2 is 1.63 bits per heavy atom. The molecule has 0 saturated heterocycles. The average Bonchev–Trinajstić information content (AvgIpc) is 2.35. The zero-order valence-corrected chi connectivity index (χ0v) is 11.6. The molecule has 0 fully saturated rings. The minimum absolute atomic E-state index is 0.207. The Hall–Kier alpha value is -1.47. The summed E-state index contributed by atoms with van der Waals surface area (Å²) in [4.78, 5) is 0. The summed E-state index contributed by atoms with van der Waals surface area (Å²) < 4.78 is 13.3. The van der Waals surface area contributed by atoms with Gasteiger partial charge in [-0.05, 0) is 30.3 Å². The van der Waals surface area contributed by atoms with Crippen LogP contribution in [0, 0.1) is 17.1 Å². The van der Waals surface area contributed by atoms with E-state index in [1.165, 1.54) is 24.3 Å². The van der Waals surface area contributed by atoms with E-state index in [0.29, 0.717) is 26.4 Å². The quantitative estimate of drug-likeness (QED) is 0.753. The molecule has 0 atom stereocenters. The van der Waals surface area contributed by atoms with Crippen LogP contribution >= 0.6 is 34.8 Å². The third-order valence-electron chi connectivity index (χ3n) is 2.32. The molecular weight excluding hydrogens is 310 g/mol. The van der Waals surface area contributed by atoms with Gasteiger partial charge in [-0.25, -0.2) is 4.39 Å². The number of benzene rings is 2. The Bertz CT molecular complexity index is 680. The van der Waals surface area contributed by atoms with Gasteiger partial charge < -0.3 is 5.32 Å². The maximum atomic E-state index is 13.3. The summed E-state index contributed by atoms with van der Waals surface area (Å²) in [6.45, 7) is 0. The SMILES string of the molecule is N#Cc1cc(F)cc(Nc2cc(Cl)c(Cl)cc2Cl)c1. The normalized spacial score (nSPS) is 10.1. The van der Waals surface area contributed by atoms with Gasteiger partial charge in [-0.3, -0.25) is 0 Å². The van der Waals surface area contributed by atoms with Crippen molar-refractivity contribution in [3.8, 4) is 6.07 Å². The van der Waals surface area contributed by atoms with E-state index in [1.54, 1.807) is 0 Å². The van der Waals surface area contributed by atoms with Crippen LogP contribution in [0.15, 0.2) is 30.3 Å². The molecule has 2 nitrogen and oxygen atoms in total. The minimum Gasteiger partial charge on any atom is -0.354 e. The molecule has 0 spiro atoms. The Balaban J connectivity index is 2.39. The van der Waals surface area contributed by atoms with Gasteiger partial charge >= 0.3 is 0 Å². The van der Waals surface area contributed by atoms with Crippen LogP contribution in [-0.4, -0.2) is 0 Å². The highest BCUT2D eigenvalue weighted by molar-refractivity contribution is 6.44. The first-order valence-electron chi connectivity index (χ1n) is 5.12. The van der Waals surface area contributed by atoms with E-state index in [4.69, 9.17) is 40.1 Å². The lowest BCUT2D eigenvalue weighted by molar-refractivity contribution is 0.628. The predicted octanol–water partition coefficient (Wildman–Crippen LogP) is 5.40. The Morgan fingerprint density at radius 1 is 0.947 bits per heavy atom. The lowest BCUT2D eigenvalue weighted by Gasteiger charge is -2.10. The van der Waals surface area contributed by atoms with Gasteiger partial charge in [0.25, 0.3) is 0 Å². The molecular formula is C13H6Cl3FN2. The highest BCUT2D eigenvalue weighted by Crippen LogP contribution is 2.34. The molecule has 0 aliphatic rings. The summed E-state index contributed by atoms with van der Waals surface area (Å²) in [7, 11) is 0. The molecule has 0 aromatic heterocycles. The van der Waals surface area contributed by atoms with Crippen molar-refractivity contribution in [1.82, 2.24) is 0 Å². The largest absolute Gasteiger partial charge is 0.354 e. The number of anilines is 2. The first-order valence-corrected chi connectivity index (χ1v) is 6.25. The Kier molecular flexibility index (Phi) is 4.16. The van der Waals surface area contributed by atoms with Crippen molar-refractivity contribution in [1.29, 1.82) is 5.26 Å². The van der Waals surface area contributed by atoms with Crippen LogP contribution in [-0.2, 0) is 0 Å². The summed E-state index contributed by atoms with van der Waals surface area (Å²) in [6, 6.07) is 8.78. The molecule has 2 rings (SSSR count). The maximum Gasteiger partial charge on any atom is 0.126 e. The van der Waals surface area contributed by atoms with Crippen LogP contribution in [0.25, 0.3) is 0 Å². The van der Waals surface area contributed by atoms with Crippen LogP contribution in [0.1, 0.15) is 5.56 Å². The maximum absolute atomic E-state index is 13.3. The molecule has 0 aliphatic carbocycles. The van der Waals surface area contributed by atoms with E-state index in [0.717, 1.165) is 6.07 Å². The summed E-state index contributed by atoms with van der Waals surface area (Å²) >= 11 is 17.7. The van der Waals surface area contributed by atoms with E-state index in [2.05, 4.69) is 5.32 Å². The van der Waals surface area contributed by atoms with Crippen molar-refractivity contribution < 1.29 is 4.39 Å². The first kappa shape index (κ1) is 14.0. The van der Waals surface area contributed by atoms with E-state index < -0.39 is 5.82 Å². The third kappa shape index (κ3) is 3.30. The van der Waals surface area contributed by atoms with Crippen LogP contribution in [0.5, 0.6) is 0 Å². The van der Waals surface area contributed by atoms with Crippen LogP contribution in [0.3, 0.4) is 0 Å². The van der Waals surface area contributed by atoms with E-state index in [9.17, 15) is 4.39 Å². The molecule has 0 heterocycles. The molecule has 0 unspecified atom stereocenters. The van der Waals surface area contributed by atoms with Gasteiger partial charge in [0, 0.05) is 5.69 Å². The van der Waals surface area contributed by atoms with Gasteiger partial charge in [0.2, 0.25) is 0 Å². The summed E-state index contributed by atoms with van der Waals surface area (Å²) in [5.41, 5.74) is 1.08. The van der Waals surface area contributed by atoms with Crippen LogP contribution in [0.4, 0.5) is 15.8 Å². The third-order valence-corrected chi connectivity index (χ3v) is 3.35. The summed E-state index contributed by atoms with van der Waals surface area (Å²) in [6.07, 6.45) is 0. The van der Waals surface area contributed by atoms with Crippen molar-refractivity contribution >= 4 is 46.2 Å². The number of nitrogens with one attached hydrogen (secondary N) is 1. The molecule has 0 radical (unpaired) electrons. The Morgan fingerprint density at radius 3 is 2.32 bits per heavy atom. The zero-order valence-electron chi connectivity index (χ0n) is 9.35. The van der Waals surface area contributed by atoms with Gasteiger partial charge in [0.1, 0.15) is 5.82 Å². The molecule has 19 heavy (non-hydrogen) atoms. The van der Waals surface area contributed by atoms with Gasteiger partial charge in [-0.2, -0.15) is 5.26 Å². The predicted molar refractivity (Wildman–Crippen MR) is 75.9 cm³/mol. The fraction of sp³-hybridized carbons (Fsp3) is 0. The zero-order chi connectivity index (χ0) is 14.0. The van der Waals surface area contributed by atoms with Crippen molar-refractivity contribution in [3.63, 3.8) is 0 Å². The van der Waals surface area contributed by atoms with E-state index >= 15 is 0 Å². The highest BCUT2D eigenvalue weighted by atomic mass is 35.5. The molecule has 0 aliphatic heterocycles. The van der Waals surface area contributed by atoms with E-state index in [-0.39, 0.29) is 5.56 Å². The van der Waals surface area contributed by atoms with Crippen molar-refractivity contribution in [3.05, 3.63) is 56.8 Å². The first-order chi connectivity index (χ1) is 8.99. The van der Waals surface area contributed by atoms with Crippen LogP contribution < -0.4 is 5.32 Å². The number of halogens is 4. The van der Waals surface area contributed by atoms with Crippen LogP contribution in [0.2, 0.25) is 15.1 Å². The molecule has 2 aromatic carbocycles.